The number of aryl methyl sites for hydroxylation is 1. The number of hydrogen-bond acceptors (Lipinski definition) is 5. The summed E-state index contributed by atoms with van der Waals surface area (Å²) in [6.45, 7) is 3.27. The zero-order valence-corrected chi connectivity index (χ0v) is 15.1. The first kappa shape index (κ1) is 19.2. The summed E-state index contributed by atoms with van der Waals surface area (Å²) in [6.07, 6.45) is -0.705. The molecule has 0 saturated carbocycles. The van der Waals surface area contributed by atoms with E-state index in [-0.39, 0.29) is 12.7 Å². The van der Waals surface area contributed by atoms with Gasteiger partial charge in [0.2, 0.25) is 0 Å². The molecule has 0 aliphatic carbocycles. The van der Waals surface area contributed by atoms with Crippen molar-refractivity contribution in [2.75, 3.05) is 33.9 Å². The minimum atomic E-state index is -0.594. The van der Waals surface area contributed by atoms with E-state index >= 15 is 0 Å². The summed E-state index contributed by atoms with van der Waals surface area (Å²) in [5.41, 5.74) is 2.16. The summed E-state index contributed by atoms with van der Waals surface area (Å²) in [5.74, 6) is 1.57. The summed E-state index contributed by atoms with van der Waals surface area (Å²) >= 11 is 0. The van der Waals surface area contributed by atoms with Crippen LogP contribution in [0.4, 0.5) is 0 Å². The van der Waals surface area contributed by atoms with Crippen molar-refractivity contribution in [2.45, 2.75) is 19.1 Å². The zero-order chi connectivity index (χ0) is 18.1. The quantitative estimate of drug-likeness (QED) is 0.693. The van der Waals surface area contributed by atoms with E-state index in [4.69, 9.17) is 14.2 Å². The first-order valence-electron chi connectivity index (χ1n) is 8.37. The monoisotopic (exact) mass is 345 g/mol. The number of methoxy groups -OCH3 is 2. The molecule has 136 valence electrons. The average molecular weight is 345 g/mol. The van der Waals surface area contributed by atoms with Crippen LogP contribution in [0, 0.1) is 6.92 Å². The van der Waals surface area contributed by atoms with Crippen molar-refractivity contribution in [1.82, 2.24) is 5.32 Å². The highest BCUT2D eigenvalue weighted by Crippen LogP contribution is 2.21. The lowest BCUT2D eigenvalue weighted by atomic mass is 10.1. The maximum atomic E-state index is 10.1. The molecule has 2 atom stereocenters. The minimum absolute atomic E-state index is 0.111. The first-order chi connectivity index (χ1) is 12.1. The van der Waals surface area contributed by atoms with Gasteiger partial charge in [-0.25, -0.2) is 0 Å². The molecule has 2 rings (SSSR count). The number of aliphatic hydroxyl groups is 1. The van der Waals surface area contributed by atoms with E-state index in [0.717, 1.165) is 22.6 Å². The van der Waals surface area contributed by atoms with Crippen LogP contribution in [-0.4, -0.2) is 45.1 Å². The van der Waals surface area contributed by atoms with Crippen LogP contribution in [0.25, 0.3) is 0 Å². The molecule has 2 unspecified atom stereocenters. The van der Waals surface area contributed by atoms with E-state index in [2.05, 4.69) is 5.32 Å². The lowest BCUT2D eigenvalue weighted by molar-refractivity contribution is 0.0831. The summed E-state index contributed by atoms with van der Waals surface area (Å²) in [6, 6.07) is 15.6. The minimum Gasteiger partial charge on any atom is -0.497 e. The normalized spacial score (nSPS) is 13.3. The van der Waals surface area contributed by atoms with Gasteiger partial charge in [0.25, 0.3) is 0 Å². The second-order valence-electron chi connectivity index (χ2n) is 5.94. The SMILES string of the molecule is COc1cccc(C(CNCC(O)COc2cccc(C)c2)OC)c1. The van der Waals surface area contributed by atoms with Crippen molar-refractivity contribution < 1.29 is 19.3 Å². The van der Waals surface area contributed by atoms with Gasteiger partial charge in [0.15, 0.2) is 0 Å². The molecule has 0 aliphatic rings. The molecule has 0 amide bonds. The molecule has 0 heterocycles. The van der Waals surface area contributed by atoms with Crippen molar-refractivity contribution in [1.29, 1.82) is 0 Å². The number of benzene rings is 2. The van der Waals surface area contributed by atoms with E-state index in [1.54, 1.807) is 14.2 Å². The number of rotatable bonds is 10. The number of nitrogens with one attached hydrogen (secondary N) is 1. The Morgan fingerprint density at radius 1 is 1.00 bits per heavy atom. The molecule has 0 fully saturated rings. The third-order valence-corrected chi connectivity index (χ3v) is 3.89. The van der Waals surface area contributed by atoms with Crippen LogP contribution in [0.5, 0.6) is 11.5 Å². The van der Waals surface area contributed by atoms with Gasteiger partial charge in [-0.05, 0) is 42.3 Å². The largest absolute Gasteiger partial charge is 0.497 e. The molecule has 2 aromatic rings. The predicted molar refractivity (Wildman–Crippen MR) is 98.3 cm³/mol. The van der Waals surface area contributed by atoms with Crippen molar-refractivity contribution in [3.8, 4) is 11.5 Å². The van der Waals surface area contributed by atoms with E-state index < -0.39 is 6.10 Å². The second kappa shape index (κ2) is 10.0. The zero-order valence-electron chi connectivity index (χ0n) is 15.1. The highest BCUT2D eigenvalue weighted by molar-refractivity contribution is 5.30. The van der Waals surface area contributed by atoms with Gasteiger partial charge < -0.3 is 24.6 Å². The molecular weight excluding hydrogens is 318 g/mol. The predicted octanol–water partition coefficient (Wildman–Crippen LogP) is 2.72. The molecule has 0 aliphatic heterocycles. The van der Waals surface area contributed by atoms with Gasteiger partial charge in [-0.3, -0.25) is 0 Å². The number of ether oxygens (including phenoxy) is 3. The van der Waals surface area contributed by atoms with E-state index in [9.17, 15) is 5.11 Å². The van der Waals surface area contributed by atoms with Crippen LogP contribution in [-0.2, 0) is 4.74 Å². The summed E-state index contributed by atoms with van der Waals surface area (Å²) < 4.78 is 16.4. The van der Waals surface area contributed by atoms with Gasteiger partial charge in [-0.2, -0.15) is 0 Å². The first-order valence-corrected chi connectivity index (χ1v) is 8.37. The average Bonchev–Trinajstić information content (AvgIpc) is 2.63. The van der Waals surface area contributed by atoms with Gasteiger partial charge in [-0.1, -0.05) is 24.3 Å². The topological polar surface area (TPSA) is 60.0 Å². The summed E-state index contributed by atoms with van der Waals surface area (Å²) in [5, 5.41) is 13.3. The molecule has 0 spiro atoms. The lowest BCUT2D eigenvalue weighted by Gasteiger charge is -2.19. The van der Waals surface area contributed by atoms with Crippen molar-refractivity contribution in [3.05, 3.63) is 59.7 Å². The van der Waals surface area contributed by atoms with Crippen LogP contribution < -0.4 is 14.8 Å². The fourth-order valence-electron chi connectivity index (χ4n) is 2.52. The Morgan fingerprint density at radius 2 is 1.76 bits per heavy atom. The van der Waals surface area contributed by atoms with Crippen LogP contribution in [0.2, 0.25) is 0 Å². The molecule has 0 radical (unpaired) electrons. The molecule has 0 aromatic heterocycles. The van der Waals surface area contributed by atoms with Gasteiger partial charge in [-0.15, -0.1) is 0 Å². The van der Waals surface area contributed by atoms with Crippen molar-refractivity contribution in [3.63, 3.8) is 0 Å². The number of aliphatic hydroxyl groups excluding tert-OH is 1. The molecule has 0 bridgehead atoms. The van der Waals surface area contributed by atoms with E-state index in [1.807, 2.05) is 55.5 Å². The Morgan fingerprint density at radius 3 is 2.48 bits per heavy atom. The van der Waals surface area contributed by atoms with Crippen LogP contribution >= 0.6 is 0 Å². The summed E-state index contributed by atoms with van der Waals surface area (Å²) in [7, 11) is 3.31. The van der Waals surface area contributed by atoms with Gasteiger partial charge in [0.05, 0.1) is 13.2 Å². The smallest absolute Gasteiger partial charge is 0.119 e. The maximum Gasteiger partial charge on any atom is 0.119 e. The Hall–Kier alpha value is -2.08. The van der Waals surface area contributed by atoms with Gasteiger partial charge in [0, 0.05) is 20.2 Å². The fraction of sp³-hybridized carbons (Fsp3) is 0.400. The second-order valence-corrected chi connectivity index (χ2v) is 5.94. The Bertz CT molecular complexity index is 647. The van der Waals surface area contributed by atoms with Crippen molar-refractivity contribution in [2.24, 2.45) is 0 Å². The Kier molecular flexibility index (Phi) is 7.73. The Balaban J connectivity index is 1.75. The molecule has 2 aromatic carbocycles. The Labute approximate surface area is 149 Å². The van der Waals surface area contributed by atoms with Crippen LogP contribution in [0.1, 0.15) is 17.2 Å². The maximum absolute atomic E-state index is 10.1. The molecule has 2 N–H and O–H groups in total. The third-order valence-electron chi connectivity index (χ3n) is 3.89. The summed E-state index contributed by atoms with van der Waals surface area (Å²) in [4.78, 5) is 0. The standard InChI is InChI=1S/C20H27NO4/c1-15-6-4-9-19(10-15)25-14-17(22)12-21-13-20(24-3)16-7-5-8-18(11-16)23-2/h4-11,17,20-22H,12-14H2,1-3H3. The van der Waals surface area contributed by atoms with Gasteiger partial charge in [0.1, 0.15) is 24.2 Å². The van der Waals surface area contributed by atoms with E-state index in [1.165, 1.54) is 0 Å². The third kappa shape index (κ3) is 6.38. The van der Waals surface area contributed by atoms with Crippen LogP contribution in [0.3, 0.4) is 0 Å². The molecule has 0 saturated heterocycles. The van der Waals surface area contributed by atoms with Crippen LogP contribution in [0.15, 0.2) is 48.5 Å². The highest BCUT2D eigenvalue weighted by atomic mass is 16.5. The van der Waals surface area contributed by atoms with Gasteiger partial charge >= 0.3 is 0 Å². The molecule has 5 heteroatoms. The van der Waals surface area contributed by atoms with E-state index in [0.29, 0.717) is 13.1 Å². The lowest BCUT2D eigenvalue weighted by Crippen LogP contribution is -2.34. The highest BCUT2D eigenvalue weighted by Gasteiger charge is 2.12. The number of hydrogen-bond donors (Lipinski definition) is 2. The molecule has 5 nitrogen and oxygen atoms in total. The molecular formula is C20H27NO4. The molecule has 25 heavy (non-hydrogen) atoms. The van der Waals surface area contributed by atoms with Crippen molar-refractivity contribution >= 4 is 0 Å². The fourth-order valence-corrected chi connectivity index (χ4v) is 2.52.